The van der Waals surface area contributed by atoms with Gasteiger partial charge in [-0.1, -0.05) is 42.5 Å². The number of nitrogens with two attached hydrogens (primary N) is 1. The van der Waals surface area contributed by atoms with Gasteiger partial charge in [0.05, 0.1) is 14.2 Å². The van der Waals surface area contributed by atoms with Gasteiger partial charge >= 0.3 is 0 Å². The highest BCUT2D eigenvalue weighted by Gasteiger charge is 2.14. The third kappa shape index (κ3) is 4.11. The number of benzene rings is 3. The van der Waals surface area contributed by atoms with Crippen molar-refractivity contribution in [3.05, 3.63) is 77.3 Å². The molecule has 0 radical (unpaired) electrons. The highest BCUT2D eigenvalue weighted by molar-refractivity contribution is 7.13. The van der Waals surface area contributed by atoms with Crippen molar-refractivity contribution in [2.45, 2.75) is 19.5 Å². The lowest BCUT2D eigenvalue weighted by Gasteiger charge is -2.13. The Hall–Kier alpha value is -2.89. The van der Waals surface area contributed by atoms with E-state index >= 15 is 0 Å². The minimum absolute atomic E-state index is 0.354. The van der Waals surface area contributed by atoms with E-state index < -0.39 is 0 Å². The van der Waals surface area contributed by atoms with Crippen molar-refractivity contribution in [1.82, 2.24) is 4.98 Å². The molecule has 4 rings (SSSR count). The second-order valence-electron chi connectivity index (χ2n) is 7.01. The van der Waals surface area contributed by atoms with Gasteiger partial charge in [0.15, 0.2) is 11.5 Å². The van der Waals surface area contributed by atoms with E-state index in [9.17, 15) is 0 Å². The molecule has 1 heterocycles. The van der Waals surface area contributed by atoms with Crippen LogP contribution in [0.4, 0.5) is 0 Å². The Morgan fingerprint density at radius 3 is 2.59 bits per heavy atom. The molecule has 0 unspecified atom stereocenters. The second kappa shape index (κ2) is 8.64. The number of rotatable bonds is 7. The van der Waals surface area contributed by atoms with Gasteiger partial charge in [-0.25, -0.2) is 4.98 Å². The summed E-state index contributed by atoms with van der Waals surface area (Å²) in [6.45, 7) is 3.09. The summed E-state index contributed by atoms with van der Waals surface area (Å²) >= 11 is 1.66. The lowest BCUT2D eigenvalue weighted by Crippen LogP contribution is -2.83. The molecule has 29 heavy (non-hydrogen) atoms. The van der Waals surface area contributed by atoms with Crippen molar-refractivity contribution in [2.75, 3.05) is 14.2 Å². The molecule has 5 heteroatoms. The Balaban J connectivity index is 1.48. The fourth-order valence-corrected chi connectivity index (χ4v) is 4.40. The fraction of sp³-hybridized carbons (Fsp3) is 0.208. The first kappa shape index (κ1) is 19.4. The monoisotopic (exact) mass is 405 g/mol. The molecule has 0 saturated heterocycles. The highest BCUT2D eigenvalue weighted by atomic mass is 32.1. The van der Waals surface area contributed by atoms with E-state index in [1.807, 2.05) is 18.2 Å². The van der Waals surface area contributed by atoms with E-state index in [-0.39, 0.29) is 0 Å². The quantitative estimate of drug-likeness (QED) is 0.480. The highest BCUT2D eigenvalue weighted by Crippen LogP contribution is 2.33. The molecule has 3 aromatic carbocycles. The van der Waals surface area contributed by atoms with Crippen LogP contribution in [0.3, 0.4) is 0 Å². The van der Waals surface area contributed by atoms with Crippen LogP contribution in [0.25, 0.3) is 21.3 Å². The summed E-state index contributed by atoms with van der Waals surface area (Å²) in [6.07, 6.45) is 0. The van der Waals surface area contributed by atoms with Crippen LogP contribution in [0, 0.1) is 0 Å². The maximum absolute atomic E-state index is 5.41. The van der Waals surface area contributed by atoms with Crippen LogP contribution in [-0.2, 0) is 6.54 Å². The summed E-state index contributed by atoms with van der Waals surface area (Å²) in [4.78, 5) is 4.83. The van der Waals surface area contributed by atoms with Crippen LogP contribution < -0.4 is 14.8 Å². The SMILES string of the molecule is COc1ccc(-c2nc(C[NH2+][C@@H](C)c3cccc4ccccc34)cs2)cc1OC. The topological polar surface area (TPSA) is 48.0 Å². The van der Waals surface area contributed by atoms with Gasteiger partial charge in [-0.15, -0.1) is 11.3 Å². The van der Waals surface area contributed by atoms with Crippen molar-refractivity contribution in [1.29, 1.82) is 0 Å². The number of hydrogen-bond acceptors (Lipinski definition) is 4. The molecule has 1 aromatic heterocycles. The van der Waals surface area contributed by atoms with Gasteiger partial charge < -0.3 is 14.8 Å². The van der Waals surface area contributed by atoms with E-state index in [0.717, 1.165) is 34.3 Å². The average Bonchev–Trinajstić information content (AvgIpc) is 3.25. The lowest BCUT2D eigenvalue weighted by molar-refractivity contribution is -0.708. The predicted molar refractivity (Wildman–Crippen MR) is 119 cm³/mol. The molecule has 1 atom stereocenters. The van der Waals surface area contributed by atoms with Crippen LogP contribution in [-0.4, -0.2) is 19.2 Å². The smallest absolute Gasteiger partial charge is 0.161 e. The van der Waals surface area contributed by atoms with Gasteiger partial charge in [0.2, 0.25) is 0 Å². The van der Waals surface area contributed by atoms with Crippen LogP contribution >= 0.6 is 11.3 Å². The minimum atomic E-state index is 0.354. The number of aromatic nitrogens is 1. The number of thiazole rings is 1. The molecule has 0 aliphatic rings. The molecule has 148 valence electrons. The van der Waals surface area contributed by atoms with E-state index in [4.69, 9.17) is 14.5 Å². The van der Waals surface area contributed by atoms with Crippen molar-refractivity contribution < 1.29 is 14.8 Å². The number of quaternary nitrogens is 1. The van der Waals surface area contributed by atoms with E-state index in [1.54, 1.807) is 25.6 Å². The van der Waals surface area contributed by atoms with Crippen LogP contribution in [0.2, 0.25) is 0 Å². The Labute approximate surface area is 175 Å². The summed E-state index contributed by atoms with van der Waals surface area (Å²) < 4.78 is 10.7. The largest absolute Gasteiger partial charge is 0.493 e. The zero-order chi connectivity index (χ0) is 20.2. The van der Waals surface area contributed by atoms with Crippen molar-refractivity contribution in [2.24, 2.45) is 0 Å². The van der Waals surface area contributed by atoms with Gasteiger partial charge in [0.25, 0.3) is 0 Å². The van der Waals surface area contributed by atoms with Crippen LogP contribution in [0.1, 0.15) is 24.2 Å². The summed E-state index contributed by atoms with van der Waals surface area (Å²) in [5, 5.41) is 8.08. The Morgan fingerprint density at radius 1 is 0.966 bits per heavy atom. The molecule has 0 aliphatic heterocycles. The van der Waals surface area contributed by atoms with E-state index in [2.05, 4.69) is 60.1 Å². The van der Waals surface area contributed by atoms with Crippen molar-refractivity contribution >= 4 is 22.1 Å². The molecule has 0 saturated carbocycles. The van der Waals surface area contributed by atoms with Gasteiger partial charge in [-0.2, -0.15) is 0 Å². The van der Waals surface area contributed by atoms with E-state index in [1.165, 1.54) is 16.3 Å². The third-order valence-corrected chi connectivity index (χ3v) is 6.12. The van der Waals surface area contributed by atoms with Crippen LogP contribution in [0.5, 0.6) is 11.5 Å². The van der Waals surface area contributed by atoms with Crippen molar-refractivity contribution in [3.8, 4) is 22.1 Å². The summed E-state index contributed by atoms with van der Waals surface area (Å²) in [5.74, 6) is 1.45. The third-order valence-electron chi connectivity index (χ3n) is 5.18. The minimum Gasteiger partial charge on any atom is -0.493 e. The van der Waals surface area contributed by atoms with Gasteiger partial charge in [0, 0.05) is 16.5 Å². The molecule has 0 bridgehead atoms. The molecule has 0 amide bonds. The molecular formula is C24H25N2O2S+. The lowest BCUT2D eigenvalue weighted by atomic mass is 10.00. The maximum Gasteiger partial charge on any atom is 0.161 e. The second-order valence-corrected chi connectivity index (χ2v) is 7.87. The standard InChI is InChI=1S/C24H24N2O2S/c1-16(20-10-6-8-17-7-4-5-9-21(17)20)25-14-19-15-29-24(26-19)18-11-12-22(27-2)23(13-18)28-3/h4-13,15-16,25H,14H2,1-3H3/p+1/t16-/m0/s1. The number of ether oxygens (including phenoxy) is 2. The van der Waals surface area contributed by atoms with Gasteiger partial charge in [-0.05, 0) is 35.9 Å². The first-order valence-corrected chi connectivity index (χ1v) is 10.6. The van der Waals surface area contributed by atoms with E-state index in [0.29, 0.717) is 6.04 Å². The number of hydrogen-bond donors (Lipinski definition) is 1. The average molecular weight is 406 g/mol. The summed E-state index contributed by atoms with van der Waals surface area (Å²) in [7, 11) is 3.30. The molecule has 0 spiro atoms. The van der Waals surface area contributed by atoms with Crippen LogP contribution in [0.15, 0.2) is 66.0 Å². The first-order chi connectivity index (χ1) is 14.2. The Morgan fingerprint density at radius 2 is 1.76 bits per heavy atom. The molecule has 0 aliphatic carbocycles. The normalized spacial score (nSPS) is 12.1. The van der Waals surface area contributed by atoms with Crippen molar-refractivity contribution in [3.63, 3.8) is 0 Å². The Kier molecular flexibility index (Phi) is 5.79. The molecule has 4 aromatic rings. The first-order valence-electron chi connectivity index (χ1n) is 9.67. The molecule has 2 N–H and O–H groups in total. The summed E-state index contributed by atoms with van der Waals surface area (Å²) in [5.41, 5.74) is 3.49. The molecule has 4 nitrogen and oxygen atoms in total. The zero-order valence-electron chi connectivity index (χ0n) is 16.9. The maximum atomic E-state index is 5.41. The predicted octanol–water partition coefficient (Wildman–Crippen LogP) is 4.81. The number of nitrogens with zero attached hydrogens (tertiary/aromatic N) is 1. The fourth-order valence-electron chi connectivity index (χ4n) is 3.57. The molecular weight excluding hydrogens is 380 g/mol. The van der Waals surface area contributed by atoms with Gasteiger partial charge in [-0.3, -0.25) is 0 Å². The zero-order valence-corrected chi connectivity index (χ0v) is 17.7. The molecule has 0 fully saturated rings. The summed E-state index contributed by atoms with van der Waals surface area (Å²) in [6, 6.07) is 21.4. The van der Waals surface area contributed by atoms with Gasteiger partial charge in [0.1, 0.15) is 23.3 Å². The number of fused-ring (bicyclic) bond motifs is 1. The Bertz CT molecular complexity index is 1120. The number of methoxy groups -OCH3 is 2.